The van der Waals surface area contributed by atoms with Gasteiger partial charge in [0.25, 0.3) is 0 Å². The van der Waals surface area contributed by atoms with Crippen molar-refractivity contribution < 1.29 is 14.3 Å². The van der Waals surface area contributed by atoms with Crippen LogP contribution < -0.4 is 20.1 Å². The minimum atomic E-state index is 0.0826. The predicted octanol–water partition coefficient (Wildman–Crippen LogP) is 0.656. The summed E-state index contributed by atoms with van der Waals surface area (Å²) in [6.07, 6.45) is 0.767. The number of ether oxygens (including phenoxy) is 2. The van der Waals surface area contributed by atoms with Gasteiger partial charge in [0.2, 0.25) is 5.91 Å². The SMILES string of the molecule is COc1ccc(CCNC(=O)CN2CCNC[C@H]2C)cc1OC. The number of hydrogen-bond donors (Lipinski definition) is 2. The Hall–Kier alpha value is -1.79. The van der Waals surface area contributed by atoms with E-state index in [0.717, 1.165) is 31.6 Å². The maximum Gasteiger partial charge on any atom is 0.234 e. The van der Waals surface area contributed by atoms with E-state index in [1.54, 1.807) is 14.2 Å². The van der Waals surface area contributed by atoms with Crippen molar-refractivity contribution in [3.05, 3.63) is 23.8 Å². The van der Waals surface area contributed by atoms with Crippen molar-refractivity contribution in [2.24, 2.45) is 0 Å². The van der Waals surface area contributed by atoms with Crippen molar-refractivity contribution in [3.63, 3.8) is 0 Å². The highest BCUT2D eigenvalue weighted by Gasteiger charge is 2.19. The highest BCUT2D eigenvalue weighted by molar-refractivity contribution is 5.78. The van der Waals surface area contributed by atoms with E-state index < -0.39 is 0 Å². The second-order valence-electron chi connectivity index (χ2n) is 5.81. The molecule has 6 heteroatoms. The molecule has 0 aliphatic carbocycles. The van der Waals surface area contributed by atoms with E-state index in [1.807, 2.05) is 18.2 Å². The summed E-state index contributed by atoms with van der Waals surface area (Å²) >= 11 is 0. The van der Waals surface area contributed by atoms with Crippen LogP contribution >= 0.6 is 0 Å². The summed E-state index contributed by atoms with van der Waals surface area (Å²) in [6, 6.07) is 6.23. The fourth-order valence-electron chi connectivity index (χ4n) is 2.74. The number of nitrogens with one attached hydrogen (secondary N) is 2. The van der Waals surface area contributed by atoms with Gasteiger partial charge >= 0.3 is 0 Å². The Morgan fingerprint density at radius 1 is 1.35 bits per heavy atom. The number of methoxy groups -OCH3 is 2. The topological polar surface area (TPSA) is 62.8 Å². The molecule has 1 aromatic carbocycles. The van der Waals surface area contributed by atoms with E-state index in [9.17, 15) is 4.79 Å². The normalized spacial score (nSPS) is 18.5. The van der Waals surface area contributed by atoms with Crippen molar-refractivity contribution in [2.75, 3.05) is 46.9 Å². The zero-order chi connectivity index (χ0) is 16.7. The summed E-state index contributed by atoms with van der Waals surface area (Å²) < 4.78 is 10.5. The lowest BCUT2D eigenvalue weighted by atomic mass is 10.1. The molecule has 0 unspecified atom stereocenters. The van der Waals surface area contributed by atoms with E-state index in [2.05, 4.69) is 22.5 Å². The molecule has 1 aromatic rings. The Kier molecular flexibility index (Phi) is 6.67. The second kappa shape index (κ2) is 8.74. The number of nitrogens with zero attached hydrogens (tertiary/aromatic N) is 1. The van der Waals surface area contributed by atoms with Gasteiger partial charge in [0, 0.05) is 32.2 Å². The van der Waals surface area contributed by atoms with E-state index in [4.69, 9.17) is 9.47 Å². The molecule has 1 amide bonds. The standard InChI is InChI=1S/C17H27N3O3/c1-13-11-18-8-9-20(13)12-17(21)19-7-6-14-4-5-15(22-2)16(10-14)23-3/h4-5,10,13,18H,6-9,11-12H2,1-3H3,(H,19,21)/t13-/m1/s1. The minimum absolute atomic E-state index is 0.0826. The molecule has 0 bridgehead atoms. The third-order valence-corrected chi connectivity index (χ3v) is 4.17. The average Bonchev–Trinajstić information content (AvgIpc) is 2.56. The maximum absolute atomic E-state index is 12.1. The summed E-state index contributed by atoms with van der Waals surface area (Å²) in [6.45, 7) is 6.04. The molecule has 1 saturated heterocycles. The fraction of sp³-hybridized carbons (Fsp3) is 0.588. The molecule has 1 fully saturated rings. The molecular weight excluding hydrogens is 294 g/mol. The summed E-state index contributed by atoms with van der Waals surface area (Å²) in [5, 5.41) is 6.32. The molecule has 1 aliphatic heterocycles. The van der Waals surface area contributed by atoms with Gasteiger partial charge in [-0.2, -0.15) is 0 Å². The van der Waals surface area contributed by atoms with Gasteiger partial charge in [-0.1, -0.05) is 6.07 Å². The summed E-state index contributed by atoms with van der Waals surface area (Å²) in [5.74, 6) is 1.51. The Morgan fingerprint density at radius 2 is 2.13 bits per heavy atom. The largest absolute Gasteiger partial charge is 0.493 e. The molecule has 1 aliphatic rings. The number of benzene rings is 1. The molecule has 2 rings (SSSR count). The Bertz CT molecular complexity index is 522. The maximum atomic E-state index is 12.1. The smallest absolute Gasteiger partial charge is 0.234 e. The zero-order valence-electron chi connectivity index (χ0n) is 14.2. The summed E-state index contributed by atoms with van der Waals surface area (Å²) in [5.41, 5.74) is 1.11. The molecular formula is C17H27N3O3. The van der Waals surface area contributed by atoms with Crippen molar-refractivity contribution in [1.82, 2.24) is 15.5 Å². The molecule has 2 N–H and O–H groups in total. The van der Waals surface area contributed by atoms with E-state index in [1.165, 1.54) is 0 Å². The quantitative estimate of drug-likeness (QED) is 0.772. The predicted molar refractivity (Wildman–Crippen MR) is 90.2 cm³/mol. The van der Waals surface area contributed by atoms with Crippen LogP contribution in [0.4, 0.5) is 0 Å². The van der Waals surface area contributed by atoms with Crippen LogP contribution in [0.15, 0.2) is 18.2 Å². The van der Waals surface area contributed by atoms with E-state index in [-0.39, 0.29) is 5.91 Å². The first-order valence-electron chi connectivity index (χ1n) is 8.06. The van der Waals surface area contributed by atoms with Gasteiger partial charge in [0.1, 0.15) is 0 Å². The number of amides is 1. The highest BCUT2D eigenvalue weighted by atomic mass is 16.5. The monoisotopic (exact) mass is 321 g/mol. The Morgan fingerprint density at radius 3 is 2.83 bits per heavy atom. The molecule has 0 spiro atoms. The molecule has 1 atom stereocenters. The van der Waals surface area contributed by atoms with Crippen molar-refractivity contribution in [2.45, 2.75) is 19.4 Å². The average molecular weight is 321 g/mol. The fourth-order valence-corrected chi connectivity index (χ4v) is 2.74. The molecule has 128 valence electrons. The molecule has 0 aromatic heterocycles. The third-order valence-electron chi connectivity index (χ3n) is 4.17. The molecule has 0 radical (unpaired) electrons. The lowest BCUT2D eigenvalue weighted by molar-refractivity contribution is -0.122. The van der Waals surface area contributed by atoms with Gasteiger partial charge < -0.3 is 20.1 Å². The molecule has 23 heavy (non-hydrogen) atoms. The van der Waals surface area contributed by atoms with Crippen LogP contribution in [0.25, 0.3) is 0 Å². The minimum Gasteiger partial charge on any atom is -0.493 e. The van der Waals surface area contributed by atoms with E-state index >= 15 is 0 Å². The first-order chi connectivity index (χ1) is 11.1. The van der Waals surface area contributed by atoms with E-state index in [0.29, 0.717) is 30.6 Å². The van der Waals surface area contributed by atoms with Crippen LogP contribution in [0.1, 0.15) is 12.5 Å². The molecule has 1 heterocycles. The summed E-state index contributed by atoms with van der Waals surface area (Å²) in [7, 11) is 3.24. The molecule has 6 nitrogen and oxygen atoms in total. The zero-order valence-corrected chi connectivity index (χ0v) is 14.2. The first kappa shape index (κ1) is 17.6. The van der Waals surface area contributed by atoms with Gasteiger partial charge in [-0.3, -0.25) is 9.69 Å². The highest BCUT2D eigenvalue weighted by Crippen LogP contribution is 2.27. The van der Waals surface area contributed by atoms with Crippen molar-refractivity contribution in [3.8, 4) is 11.5 Å². The van der Waals surface area contributed by atoms with Gasteiger partial charge in [0.05, 0.1) is 20.8 Å². The van der Waals surface area contributed by atoms with Crippen LogP contribution in [-0.4, -0.2) is 63.8 Å². The first-order valence-corrected chi connectivity index (χ1v) is 8.06. The van der Waals surface area contributed by atoms with Gasteiger partial charge in [-0.05, 0) is 31.0 Å². The Labute approximate surface area is 138 Å². The number of carbonyl (C=O) groups excluding carboxylic acids is 1. The van der Waals surface area contributed by atoms with Gasteiger partial charge in [-0.25, -0.2) is 0 Å². The number of piperazine rings is 1. The summed E-state index contributed by atoms with van der Waals surface area (Å²) in [4.78, 5) is 14.3. The third kappa shape index (κ3) is 5.11. The van der Waals surface area contributed by atoms with Crippen molar-refractivity contribution >= 4 is 5.91 Å². The number of rotatable bonds is 7. The lowest BCUT2D eigenvalue weighted by Gasteiger charge is -2.33. The van der Waals surface area contributed by atoms with Crippen LogP contribution in [0, 0.1) is 0 Å². The van der Waals surface area contributed by atoms with Crippen LogP contribution in [-0.2, 0) is 11.2 Å². The second-order valence-corrected chi connectivity index (χ2v) is 5.81. The van der Waals surface area contributed by atoms with Crippen LogP contribution in [0.5, 0.6) is 11.5 Å². The lowest BCUT2D eigenvalue weighted by Crippen LogP contribution is -2.52. The molecule has 0 saturated carbocycles. The number of hydrogen-bond acceptors (Lipinski definition) is 5. The van der Waals surface area contributed by atoms with Gasteiger partial charge in [-0.15, -0.1) is 0 Å². The van der Waals surface area contributed by atoms with Gasteiger partial charge in [0.15, 0.2) is 11.5 Å². The van der Waals surface area contributed by atoms with Crippen LogP contribution in [0.3, 0.4) is 0 Å². The van der Waals surface area contributed by atoms with Crippen molar-refractivity contribution in [1.29, 1.82) is 0 Å². The number of carbonyl (C=O) groups is 1. The Balaban J connectivity index is 1.77. The van der Waals surface area contributed by atoms with Crippen LogP contribution in [0.2, 0.25) is 0 Å².